The van der Waals surface area contributed by atoms with Gasteiger partial charge in [0.2, 0.25) is 10.0 Å². The molecule has 0 aliphatic carbocycles. The van der Waals surface area contributed by atoms with Crippen LogP contribution in [0.1, 0.15) is 33.6 Å². The lowest BCUT2D eigenvalue weighted by Crippen LogP contribution is -2.32. The Morgan fingerprint density at radius 2 is 1.88 bits per heavy atom. The van der Waals surface area contributed by atoms with Crippen molar-refractivity contribution in [2.75, 3.05) is 32.4 Å². The smallest absolute Gasteiger partial charge is 0.213 e. The maximum absolute atomic E-state index is 11.8. The van der Waals surface area contributed by atoms with Crippen molar-refractivity contribution >= 4 is 10.0 Å². The second-order valence-corrected chi connectivity index (χ2v) is 6.75. The predicted molar refractivity (Wildman–Crippen MR) is 69.0 cm³/mol. The average molecular weight is 250 g/mol. The minimum atomic E-state index is -3.04. The highest BCUT2D eigenvalue weighted by molar-refractivity contribution is 7.89. The van der Waals surface area contributed by atoms with Gasteiger partial charge in [-0.05, 0) is 31.8 Å². The van der Waals surface area contributed by atoms with Crippen LogP contribution in [-0.4, -0.2) is 45.2 Å². The van der Waals surface area contributed by atoms with E-state index >= 15 is 0 Å². The van der Waals surface area contributed by atoms with Crippen LogP contribution in [0.2, 0.25) is 0 Å². The summed E-state index contributed by atoms with van der Waals surface area (Å²) >= 11 is 0. The lowest BCUT2D eigenvalue weighted by Gasteiger charge is -2.19. The Labute approximate surface area is 100 Å². The minimum Gasteiger partial charge on any atom is -0.317 e. The van der Waals surface area contributed by atoms with Crippen molar-refractivity contribution in [1.82, 2.24) is 9.62 Å². The first kappa shape index (κ1) is 15.9. The lowest BCUT2D eigenvalue weighted by molar-refractivity contribution is 0.416. The Balaban J connectivity index is 3.86. The molecule has 0 unspecified atom stereocenters. The molecule has 0 aliphatic heterocycles. The summed E-state index contributed by atoms with van der Waals surface area (Å²) in [7, 11) is -1.37. The first-order valence-electron chi connectivity index (χ1n) is 6.05. The van der Waals surface area contributed by atoms with Gasteiger partial charge >= 0.3 is 0 Å². The standard InChI is InChI=1S/C11H26N2O2S/c1-5-12-8-6-7-9-16(14,15)13(4)10-11(2)3/h11-12H,5-10H2,1-4H3. The molecule has 0 fully saturated rings. The summed E-state index contributed by atoms with van der Waals surface area (Å²) in [5.74, 6) is 0.642. The maximum Gasteiger partial charge on any atom is 0.213 e. The average Bonchev–Trinajstić information content (AvgIpc) is 2.16. The highest BCUT2D eigenvalue weighted by Gasteiger charge is 2.17. The number of nitrogens with zero attached hydrogens (tertiary/aromatic N) is 1. The lowest BCUT2D eigenvalue weighted by atomic mass is 10.2. The van der Waals surface area contributed by atoms with Gasteiger partial charge in [-0.15, -0.1) is 0 Å². The summed E-state index contributed by atoms with van der Waals surface area (Å²) < 4.78 is 25.1. The van der Waals surface area contributed by atoms with Gasteiger partial charge in [0.15, 0.2) is 0 Å². The summed E-state index contributed by atoms with van der Waals surface area (Å²) in [6.07, 6.45) is 1.65. The van der Waals surface area contributed by atoms with E-state index in [2.05, 4.69) is 5.32 Å². The number of sulfonamides is 1. The second-order valence-electron chi connectivity index (χ2n) is 4.55. The van der Waals surface area contributed by atoms with E-state index < -0.39 is 10.0 Å². The summed E-state index contributed by atoms with van der Waals surface area (Å²) in [6.45, 7) is 8.55. The fourth-order valence-electron chi connectivity index (χ4n) is 1.49. The van der Waals surface area contributed by atoms with Crippen LogP contribution in [0, 0.1) is 5.92 Å². The molecule has 0 spiro atoms. The zero-order chi connectivity index (χ0) is 12.6. The molecule has 0 radical (unpaired) electrons. The Bertz CT molecular complexity index is 263. The molecule has 16 heavy (non-hydrogen) atoms. The Kier molecular flexibility index (Phi) is 7.97. The van der Waals surface area contributed by atoms with Gasteiger partial charge in [-0.1, -0.05) is 20.8 Å². The molecular formula is C11H26N2O2S. The van der Waals surface area contributed by atoms with Crippen LogP contribution in [0.15, 0.2) is 0 Å². The maximum atomic E-state index is 11.8. The molecule has 0 atom stereocenters. The highest BCUT2D eigenvalue weighted by atomic mass is 32.2. The molecule has 4 nitrogen and oxygen atoms in total. The van der Waals surface area contributed by atoms with Crippen LogP contribution in [0.3, 0.4) is 0 Å². The molecule has 98 valence electrons. The molecule has 0 aromatic carbocycles. The van der Waals surface area contributed by atoms with Gasteiger partial charge in [0.05, 0.1) is 5.75 Å². The molecular weight excluding hydrogens is 224 g/mol. The molecule has 0 heterocycles. The number of hydrogen-bond acceptors (Lipinski definition) is 3. The summed E-state index contributed by atoms with van der Waals surface area (Å²) in [6, 6.07) is 0. The van der Waals surface area contributed by atoms with Gasteiger partial charge < -0.3 is 5.32 Å². The van der Waals surface area contributed by atoms with Crippen molar-refractivity contribution < 1.29 is 8.42 Å². The van der Waals surface area contributed by atoms with Crippen LogP contribution in [0.25, 0.3) is 0 Å². The zero-order valence-electron chi connectivity index (χ0n) is 11.0. The third-order valence-electron chi connectivity index (χ3n) is 2.35. The van der Waals surface area contributed by atoms with Crippen LogP contribution in [-0.2, 0) is 10.0 Å². The fourth-order valence-corrected chi connectivity index (χ4v) is 2.90. The van der Waals surface area contributed by atoms with Crippen molar-refractivity contribution in [3.8, 4) is 0 Å². The summed E-state index contributed by atoms with van der Waals surface area (Å²) in [4.78, 5) is 0. The summed E-state index contributed by atoms with van der Waals surface area (Å²) in [5, 5.41) is 3.19. The van der Waals surface area contributed by atoms with Crippen molar-refractivity contribution in [2.24, 2.45) is 5.92 Å². The number of hydrogen-bond donors (Lipinski definition) is 1. The predicted octanol–water partition coefficient (Wildman–Crippen LogP) is 1.29. The molecule has 0 aromatic rings. The highest BCUT2D eigenvalue weighted by Crippen LogP contribution is 2.05. The molecule has 0 saturated carbocycles. The van der Waals surface area contributed by atoms with E-state index in [1.54, 1.807) is 7.05 Å². The monoisotopic (exact) mass is 250 g/mol. The SMILES string of the molecule is CCNCCCCS(=O)(=O)N(C)CC(C)C. The van der Waals surface area contributed by atoms with Crippen LogP contribution in [0.5, 0.6) is 0 Å². The molecule has 0 aromatic heterocycles. The van der Waals surface area contributed by atoms with E-state index in [9.17, 15) is 8.42 Å². The second kappa shape index (κ2) is 8.03. The fraction of sp³-hybridized carbons (Fsp3) is 1.00. The van der Waals surface area contributed by atoms with Gasteiger partial charge in [-0.25, -0.2) is 12.7 Å². The topological polar surface area (TPSA) is 49.4 Å². The Morgan fingerprint density at radius 1 is 1.25 bits per heavy atom. The number of nitrogens with one attached hydrogen (secondary N) is 1. The third kappa shape index (κ3) is 7.19. The molecule has 0 aliphatic rings. The van der Waals surface area contributed by atoms with E-state index in [4.69, 9.17) is 0 Å². The first-order valence-corrected chi connectivity index (χ1v) is 7.65. The molecule has 1 N–H and O–H groups in total. The van der Waals surface area contributed by atoms with Crippen LogP contribution < -0.4 is 5.32 Å². The van der Waals surface area contributed by atoms with Crippen LogP contribution in [0.4, 0.5) is 0 Å². The van der Waals surface area contributed by atoms with Crippen molar-refractivity contribution in [3.63, 3.8) is 0 Å². The molecule has 0 amide bonds. The third-order valence-corrected chi connectivity index (χ3v) is 4.26. The Morgan fingerprint density at radius 3 is 2.38 bits per heavy atom. The minimum absolute atomic E-state index is 0.265. The molecule has 0 bridgehead atoms. The van der Waals surface area contributed by atoms with Crippen LogP contribution >= 0.6 is 0 Å². The molecule has 0 rings (SSSR count). The first-order chi connectivity index (χ1) is 7.40. The largest absolute Gasteiger partial charge is 0.317 e. The van der Waals surface area contributed by atoms with Crippen molar-refractivity contribution in [3.05, 3.63) is 0 Å². The summed E-state index contributed by atoms with van der Waals surface area (Å²) in [5.41, 5.74) is 0. The van der Waals surface area contributed by atoms with Gasteiger partial charge in [-0.2, -0.15) is 0 Å². The van der Waals surface area contributed by atoms with Crippen molar-refractivity contribution in [2.45, 2.75) is 33.6 Å². The van der Waals surface area contributed by atoms with E-state index in [-0.39, 0.29) is 5.75 Å². The normalized spacial score (nSPS) is 12.6. The van der Waals surface area contributed by atoms with E-state index in [1.807, 2.05) is 20.8 Å². The van der Waals surface area contributed by atoms with Gasteiger partial charge in [-0.3, -0.25) is 0 Å². The molecule has 5 heteroatoms. The number of unbranched alkanes of at least 4 members (excludes halogenated alkanes) is 1. The van der Waals surface area contributed by atoms with E-state index in [0.29, 0.717) is 12.5 Å². The van der Waals surface area contributed by atoms with E-state index in [0.717, 1.165) is 25.9 Å². The van der Waals surface area contributed by atoms with Crippen molar-refractivity contribution in [1.29, 1.82) is 0 Å². The molecule has 0 saturated heterocycles. The van der Waals surface area contributed by atoms with E-state index in [1.165, 1.54) is 4.31 Å². The number of rotatable bonds is 9. The quantitative estimate of drug-likeness (QED) is 0.627. The van der Waals surface area contributed by atoms with Gasteiger partial charge in [0.25, 0.3) is 0 Å². The Hall–Kier alpha value is -0.130. The zero-order valence-corrected chi connectivity index (χ0v) is 11.8. The van der Waals surface area contributed by atoms with Gasteiger partial charge in [0, 0.05) is 13.6 Å². The van der Waals surface area contributed by atoms with Gasteiger partial charge in [0.1, 0.15) is 0 Å².